The lowest BCUT2D eigenvalue weighted by Gasteiger charge is -2.04. The molecule has 92 valence electrons. The van der Waals surface area contributed by atoms with Crippen LogP contribution in [-0.2, 0) is 6.18 Å². The van der Waals surface area contributed by atoms with Crippen molar-refractivity contribution in [1.82, 2.24) is 4.98 Å². The zero-order chi connectivity index (χ0) is 12.6. The van der Waals surface area contributed by atoms with Crippen molar-refractivity contribution in [2.75, 3.05) is 0 Å². The number of rotatable bonds is 2. The first-order chi connectivity index (χ1) is 7.88. The van der Waals surface area contributed by atoms with Gasteiger partial charge in [-0.05, 0) is 28.1 Å². The summed E-state index contributed by atoms with van der Waals surface area (Å²) in [7, 11) is 0. The van der Waals surface area contributed by atoms with Crippen LogP contribution in [0.3, 0.4) is 0 Å². The Hall–Kier alpha value is -0.440. The summed E-state index contributed by atoms with van der Waals surface area (Å²) >= 11 is 4.95. The molecule has 0 spiro atoms. The number of thiophene rings is 1. The maximum atomic E-state index is 12.3. The summed E-state index contributed by atoms with van der Waals surface area (Å²) in [5, 5.41) is 8.93. The van der Waals surface area contributed by atoms with E-state index in [1.807, 2.05) is 0 Å². The molecule has 0 aliphatic heterocycles. The number of aromatic nitrogens is 1. The normalized spacial score (nSPS) is 13.9. The van der Waals surface area contributed by atoms with Crippen LogP contribution in [0, 0.1) is 0 Å². The third-order valence-electron chi connectivity index (χ3n) is 1.90. The van der Waals surface area contributed by atoms with Gasteiger partial charge in [0, 0.05) is 11.1 Å². The zero-order valence-corrected chi connectivity index (χ0v) is 11.3. The van der Waals surface area contributed by atoms with E-state index < -0.39 is 17.3 Å². The molecule has 2 aromatic rings. The Balaban J connectivity index is 2.26. The largest absolute Gasteiger partial charge is 0.443 e. The van der Waals surface area contributed by atoms with E-state index in [1.165, 1.54) is 11.3 Å². The van der Waals surface area contributed by atoms with Gasteiger partial charge in [0.1, 0.15) is 6.10 Å². The molecule has 1 atom stereocenters. The highest BCUT2D eigenvalue weighted by atomic mass is 79.9. The van der Waals surface area contributed by atoms with E-state index in [0.29, 0.717) is 16.2 Å². The highest BCUT2D eigenvalue weighted by Crippen LogP contribution is 2.37. The minimum Gasteiger partial charge on any atom is -0.382 e. The summed E-state index contributed by atoms with van der Waals surface area (Å²) in [6.45, 7) is 0. The van der Waals surface area contributed by atoms with Gasteiger partial charge in [-0.1, -0.05) is 0 Å². The number of nitrogens with zero attached hydrogens (tertiary/aromatic N) is 1. The van der Waals surface area contributed by atoms with Crippen molar-refractivity contribution in [3.63, 3.8) is 0 Å². The molecule has 2 nitrogen and oxygen atoms in total. The molecule has 0 aromatic carbocycles. The summed E-state index contributed by atoms with van der Waals surface area (Å²) in [5.41, 5.74) is 0. The fourth-order valence-corrected chi connectivity index (χ4v) is 3.45. The molecule has 2 aromatic heterocycles. The third-order valence-corrected chi connectivity index (χ3v) is 4.67. The van der Waals surface area contributed by atoms with E-state index >= 15 is 0 Å². The van der Waals surface area contributed by atoms with Crippen LogP contribution in [0.1, 0.15) is 20.9 Å². The van der Waals surface area contributed by atoms with Gasteiger partial charge in [-0.25, -0.2) is 4.98 Å². The second kappa shape index (κ2) is 4.68. The van der Waals surface area contributed by atoms with Crippen LogP contribution in [0.25, 0.3) is 0 Å². The molecule has 8 heteroatoms. The maximum absolute atomic E-state index is 12.3. The standard InChI is InChI=1S/C9H5BrF3NOS2/c10-6-2-1-4(16-6)7(15)5-3-14-8(17-5)9(11,12)13/h1-3,7,15H. The zero-order valence-electron chi connectivity index (χ0n) is 8.03. The summed E-state index contributed by atoms with van der Waals surface area (Å²) < 4.78 is 37.8. The van der Waals surface area contributed by atoms with Crippen LogP contribution in [0.4, 0.5) is 13.2 Å². The predicted octanol–water partition coefficient (Wildman–Crippen LogP) is 4.07. The lowest BCUT2D eigenvalue weighted by molar-refractivity contribution is -0.137. The second-order valence-electron chi connectivity index (χ2n) is 3.11. The second-order valence-corrected chi connectivity index (χ2v) is 6.67. The molecule has 1 N–H and O–H groups in total. The van der Waals surface area contributed by atoms with Gasteiger partial charge < -0.3 is 5.11 Å². The number of aliphatic hydroxyl groups is 1. The number of thiazole rings is 1. The average Bonchev–Trinajstić information content (AvgIpc) is 2.83. The molecule has 0 saturated heterocycles. The van der Waals surface area contributed by atoms with Crippen molar-refractivity contribution in [2.45, 2.75) is 12.3 Å². The van der Waals surface area contributed by atoms with E-state index in [1.54, 1.807) is 12.1 Å². The van der Waals surface area contributed by atoms with Gasteiger partial charge in [-0.2, -0.15) is 13.2 Å². The van der Waals surface area contributed by atoms with Crippen molar-refractivity contribution < 1.29 is 18.3 Å². The summed E-state index contributed by atoms with van der Waals surface area (Å²) in [4.78, 5) is 4.03. The highest BCUT2D eigenvalue weighted by Gasteiger charge is 2.35. The van der Waals surface area contributed by atoms with Gasteiger partial charge in [0.2, 0.25) is 0 Å². The van der Waals surface area contributed by atoms with Crippen molar-refractivity contribution in [1.29, 1.82) is 0 Å². The average molecular weight is 344 g/mol. The quantitative estimate of drug-likeness (QED) is 0.891. The number of hydrogen-bond acceptors (Lipinski definition) is 4. The Bertz CT molecular complexity index is 522. The molecule has 2 heterocycles. The molecule has 0 bridgehead atoms. The Morgan fingerprint density at radius 3 is 2.41 bits per heavy atom. The van der Waals surface area contributed by atoms with Gasteiger partial charge in [-0.3, -0.25) is 0 Å². The van der Waals surface area contributed by atoms with Crippen LogP contribution < -0.4 is 0 Å². The Morgan fingerprint density at radius 2 is 1.94 bits per heavy atom. The molecular weight excluding hydrogens is 339 g/mol. The first kappa shape index (κ1) is 13.0. The summed E-state index contributed by atoms with van der Waals surface area (Å²) in [6, 6.07) is 3.39. The topological polar surface area (TPSA) is 33.1 Å². The van der Waals surface area contributed by atoms with Crippen LogP contribution in [0.15, 0.2) is 22.1 Å². The summed E-state index contributed by atoms with van der Waals surface area (Å²) in [5.74, 6) is 0. The minimum absolute atomic E-state index is 0.187. The molecule has 2 rings (SSSR count). The fourth-order valence-electron chi connectivity index (χ4n) is 1.16. The molecule has 1 unspecified atom stereocenters. The van der Waals surface area contributed by atoms with Crippen molar-refractivity contribution in [3.05, 3.63) is 36.9 Å². The highest BCUT2D eigenvalue weighted by molar-refractivity contribution is 9.11. The molecule has 0 amide bonds. The van der Waals surface area contributed by atoms with E-state index in [-0.39, 0.29) is 4.88 Å². The smallest absolute Gasteiger partial charge is 0.382 e. The molecule has 0 aliphatic carbocycles. The molecule has 0 fully saturated rings. The maximum Gasteiger partial charge on any atom is 0.443 e. The van der Waals surface area contributed by atoms with E-state index in [9.17, 15) is 18.3 Å². The first-order valence-corrected chi connectivity index (χ1v) is 6.77. The SMILES string of the molecule is OC(c1ccc(Br)s1)c1cnc(C(F)(F)F)s1. The van der Waals surface area contributed by atoms with Gasteiger partial charge >= 0.3 is 6.18 Å². The lowest BCUT2D eigenvalue weighted by Crippen LogP contribution is -2.02. The Labute approximate surface area is 111 Å². The molecule has 0 saturated carbocycles. The van der Waals surface area contributed by atoms with E-state index in [0.717, 1.165) is 9.98 Å². The molecule has 0 aliphatic rings. The fraction of sp³-hybridized carbons (Fsp3) is 0.222. The Morgan fingerprint density at radius 1 is 1.24 bits per heavy atom. The van der Waals surface area contributed by atoms with Crippen LogP contribution in [0.5, 0.6) is 0 Å². The van der Waals surface area contributed by atoms with Crippen molar-refractivity contribution >= 4 is 38.6 Å². The van der Waals surface area contributed by atoms with Gasteiger partial charge in [0.25, 0.3) is 0 Å². The van der Waals surface area contributed by atoms with E-state index in [2.05, 4.69) is 20.9 Å². The monoisotopic (exact) mass is 343 g/mol. The van der Waals surface area contributed by atoms with Gasteiger partial charge in [-0.15, -0.1) is 22.7 Å². The van der Waals surface area contributed by atoms with E-state index in [4.69, 9.17) is 0 Å². The predicted molar refractivity (Wildman–Crippen MR) is 63.2 cm³/mol. The molecular formula is C9H5BrF3NOS2. The molecule has 17 heavy (non-hydrogen) atoms. The lowest BCUT2D eigenvalue weighted by atomic mass is 10.3. The van der Waals surface area contributed by atoms with Gasteiger partial charge in [0.05, 0.1) is 8.66 Å². The van der Waals surface area contributed by atoms with Crippen molar-refractivity contribution in [2.24, 2.45) is 0 Å². The van der Waals surface area contributed by atoms with Crippen molar-refractivity contribution in [3.8, 4) is 0 Å². The van der Waals surface area contributed by atoms with Crippen LogP contribution in [0.2, 0.25) is 0 Å². The summed E-state index contributed by atoms with van der Waals surface area (Å²) in [6.07, 6.45) is -4.45. The number of hydrogen-bond donors (Lipinski definition) is 1. The first-order valence-electron chi connectivity index (χ1n) is 4.34. The molecule has 0 radical (unpaired) electrons. The minimum atomic E-state index is -4.46. The van der Waals surface area contributed by atoms with Gasteiger partial charge in [0.15, 0.2) is 5.01 Å². The number of alkyl halides is 3. The van der Waals surface area contributed by atoms with Crippen LogP contribution >= 0.6 is 38.6 Å². The Kier molecular flexibility index (Phi) is 3.58. The van der Waals surface area contributed by atoms with Crippen LogP contribution in [-0.4, -0.2) is 10.1 Å². The number of aliphatic hydroxyl groups excluding tert-OH is 1. The number of halogens is 4. The third kappa shape index (κ3) is 2.87.